The van der Waals surface area contributed by atoms with Gasteiger partial charge in [0.05, 0.1) is 5.56 Å². The normalized spacial score (nSPS) is 14.8. The van der Waals surface area contributed by atoms with E-state index in [0.29, 0.717) is 10.6 Å². The Kier molecular flexibility index (Phi) is 5.99. The molecule has 132 valence electrons. The van der Waals surface area contributed by atoms with Gasteiger partial charge >= 0.3 is 5.97 Å². The van der Waals surface area contributed by atoms with E-state index in [4.69, 9.17) is 4.74 Å². The summed E-state index contributed by atoms with van der Waals surface area (Å²) in [6.07, 6.45) is 2.59. The van der Waals surface area contributed by atoms with E-state index in [1.54, 1.807) is 0 Å². The number of nitrogens with one attached hydrogen (secondary N) is 2. The molecule has 0 aromatic carbocycles. The molecule has 7 heteroatoms. The van der Waals surface area contributed by atoms with Crippen molar-refractivity contribution in [2.24, 2.45) is 5.92 Å². The molecule has 2 rings (SSSR count). The molecule has 0 aliphatic heterocycles. The number of carbonyl (C=O) groups excluding carboxylic acids is 3. The summed E-state index contributed by atoms with van der Waals surface area (Å²) >= 11 is 1.36. The monoisotopic (exact) mass is 352 g/mol. The molecule has 1 heterocycles. The maximum absolute atomic E-state index is 12.4. The molecule has 6 nitrogen and oxygen atoms in total. The highest BCUT2D eigenvalue weighted by atomic mass is 32.1. The van der Waals surface area contributed by atoms with Crippen LogP contribution in [0.25, 0.3) is 0 Å². The second-order valence-electron chi connectivity index (χ2n) is 6.20. The SMILES string of the molecule is CC[C@H](C)NC(=O)COC(=O)c1c(NC(=O)C2CC2)sc(C)c1C. The third kappa shape index (κ3) is 4.56. The molecule has 2 amide bonds. The number of thiophene rings is 1. The number of rotatable bonds is 7. The summed E-state index contributed by atoms with van der Waals surface area (Å²) in [5.74, 6) is -0.911. The molecular formula is C17H24N2O4S. The lowest BCUT2D eigenvalue weighted by molar-refractivity contribution is -0.124. The van der Waals surface area contributed by atoms with Gasteiger partial charge in [-0.05, 0) is 45.6 Å². The predicted molar refractivity (Wildman–Crippen MR) is 93.3 cm³/mol. The van der Waals surface area contributed by atoms with Gasteiger partial charge in [0.25, 0.3) is 5.91 Å². The Hall–Kier alpha value is -1.89. The molecule has 0 bridgehead atoms. The zero-order valence-corrected chi connectivity index (χ0v) is 15.3. The summed E-state index contributed by atoms with van der Waals surface area (Å²) in [4.78, 5) is 37.0. The number of anilines is 1. The molecule has 0 radical (unpaired) electrons. The van der Waals surface area contributed by atoms with Crippen molar-refractivity contribution in [1.29, 1.82) is 0 Å². The number of carbonyl (C=O) groups is 3. The van der Waals surface area contributed by atoms with Gasteiger partial charge in [-0.15, -0.1) is 11.3 Å². The second-order valence-corrected chi connectivity index (χ2v) is 7.43. The molecule has 1 atom stereocenters. The third-order valence-electron chi connectivity index (χ3n) is 4.13. The van der Waals surface area contributed by atoms with Crippen molar-refractivity contribution in [2.75, 3.05) is 11.9 Å². The van der Waals surface area contributed by atoms with Gasteiger partial charge in [-0.1, -0.05) is 6.92 Å². The van der Waals surface area contributed by atoms with Gasteiger partial charge in [0, 0.05) is 16.8 Å². The Morgan fingerprint density at radius 3 is 2.54 bits per heavy atom. The van der Waals surface area contributed by atoms with Crippen LogP contribution >= 0.6 is 11.3 Å². The molecule has 1 fully saturated rings. The number of aryl methyl sites for hydroxylation is 1. The van der Waals surface area contributed by atoms with Gasteiger partial charge in [0.1, 0.15) is 5.00 Å². The lowest BCUT2D eigenvalue weighted by Crippen LogP contribution is -2.35. The summed E-state index contributed by atoms with van der Waals surface area (Å²) in [6.45, 7) is 7.22. The maximum Gasteiger partial charge on any atom is 0.341 e. The van der Waals surface area contributed by atoms with Crippen LogP contribution in [-0.2, 0) is 14.3 Å². The van der Waals surface area contributed by atoms with E-state index in [2.05, 4.69) is 10.6 Å². The Morgan fingerprint density at radius 1 is 1.29 bits per heavy atom. The van der Waals surface area contributed by atoms with Crippen molar-refractivity contribution in [3.63, 3.8) is 0 Å². The van der Waals surface area contributed by atoms with E-state index in [0.717, 1.165) is 29.7 Å². The summed E-state index contributed by atoms with van der Waals surface area (Å²) in [5.41, 5.74) is 1.13. The number of amides is 2. The fourth-order valence-corrected chi connectivity index (χ4v) is 3.19. The summed E-state index contributed by atoms with van der Waals surface area (Å²) < 4.78 is 5.13. The lowest BCUT2D eigenvalue weighted by atomic mass is 10.1. The smallest absolute Gasteiger partial charge is 0.341 e. The summed E-state index contributed by atoms with van der Waals surface area (Å²) in [5, 5.41) is 6.07. The summed E-state index contributed by atoms with van der Waals surface area (Å²) in [7, 11) is 0. The van der Waals surface area contributed by atoms with Crippen LogP contribution in [0, 0.1) is 19.8 Å². The first-order chi connectivity index (χ1) is 11.3. The molecule has 1 aliphatic rings. The van der Waals surface area contributed by atoms with Crippen molar-refractivity contribution in [3.05, 3.63) is 16.0 Å². The highest BCUT2D eigenvalue weighted by molar-refractivity contribution is 7.16. The van der Waals surface area contributed by atoms with Gasteiger partial charge in [0.2, 0.25) is 5.91 Å². The van der Waals surface area contributed by atoms with Crippen molar-refractivity contribution >= 4 is 34.1 Å². The molecule has 1 aromatic rings. The van der Waals surface area contributed by atoms with E-state index in [9.17, 15) is 14.4 Å². The second kappa shape index (κ2) is 7.79. The van der Waals surface area contributed by atoms with Crippen molar-refractivity contribution < 1.29 is 19.1 Å². The molecule has 1 aromatic heterocycles. The van der Waals surface area contributed by atoms with Crippen molar-refractivity contribution in [2.45, 2.75) is 53.0 Å². The van der Waals surface area contributed by atoms with Crippen LogP contribution < -0.4 is 10.6 Å². The molecular weight excluding hydrogens is 328 g/mol. The van der Waals surface area contributed by atoms with Crippen molar-refractivity contribution in [3.8, 4) is 0 Å². The van der Waals surface area contributed by atoms with E-state index in [1.165, 1.54) is 11.3 Å². The Morgan fingerprint density at radius 2 is 1.96 bits per heavy atom. The predicted octanol–water partition coefficient (Wildman–Crippen LogP) is 2.78. The first-order valence-electron chi connectivity index (χ1n) is 8.20. The molecule has 2 N–H and O–H groups in total. The van der Waals surface area contributed by atoms with Crippen molar-refractivity contribution in [1.82, 2.24) is 5.32 Å². The highest BCUT2D eigenvalue weighted by Crippen LogP contribution is 2.36. The zero-order chi connectivity index (χ0) is 17.9. The zero-order valence-electron chi connectivity index (χ0n) is 14.5. The van der Waals surface area contributed by atoms with E-state index in [-0.39, 0.29) is 30.4 Å². The molecule has 0 unspecified atom stereocenters. The largest absolute Gasteiger partial charge is 0.452 e. The minimum absolute atomic E-state index is 0.0368. The van der Waals surface area contributed by atoms with Crippen LogP contribution in [0.5, 0.6) is 0 Å². The highest BCUT2D eigenvalue weighted by Gasteiger charge is 2.31. The standard InChI is InChI=1S/C17H24N2O4S/c1-5-9(2)18-13(20)8-23-17(22)14-10(3)11(4)24-16(14)19-15(21)12-6-7-12/h9,12H,5-8H2,1-4H3,(H,18,20)(H,19,21)/t9-/m0/s1. The van der Waals surface area contributed by atoms with Crippen LogP contribution in [0.2, 0.25) is 0 Å². The number of esters is 1. The van der Waals surface area contributed by atoms with Crippen LogP contribution in [-0.4, -0.2) is 30.4 Å². The quantitative estimate of drug-likeness (QED) is 0.739. The number of hydrogen-bond acceptors (Lipinski definition) is 5. The average molecular weight is 352 g/mol. The van der Waals surface area contributed by atoms with E-state index in [1.807, 2.05) is 27.7 Å². The Balaban J connectivity index is 2.02. The molecule has 24 heavy (non-hydrogen) atoms. The molecule has 1 aliphatic carbocycles. The Labute approximate surface area is 146 Å². The van der Waals surface area contributed by atoms with E-state index < -0.39 is 5.97 Å². The first-order valence-corrected chi connectivity index (χ1v) is 9.02. The fourth-order valence-electron chi connectivity index (χ4n) is 2.14. The van der Waals surface area contributed by atoms with Gasteiger partial charge in [-0.2, -0.15) is 0 Å². The minimum Gasteiger partial charge on any atom is -0.452 e. The lowest BCUT2D eigenvalue weighted by Gasteiger charge is -2.12. The molecule has 1 saturated carbocycles. The maximum atomic E-state index is 12.4. The molecule has 0 spiro atoms. The van der Waals surface area contributed by atoms with Crippen LogP contribution in [0.15, 0.2) is 0 Å². The van der Waals surface area contributed by atoms with Crippen LogP contribution in [0.4, 0.5) is 5.00 Å². The van der Waals surface area contributed by atoms with Crippen LogP contribution in [0.3, 0.4) is 0 Å². The average Bonchev–Trinajstić information content (AvgIpc) is 3.33. The molecule has 0 saturated heterocycles. The first kappa shape index (κ1) is 18.4. The van der Waals surface area contributed by atoms with Gasteiger partial charge < -0.3 is 15.4 Å². The van der Waals surface area contributed by atoms with Gasteiger partial charge in [-0.3, -0.25) is 9.59 Å². The third-order valence-corrected chi connectivity index (χ3v) is 5.25. The minimum atomic E-state index is -0.581. The van der Waals surface area contributed by atoms with Crippen LogP contribution in [0.1, 0.15) is 53.9 Å². The summed E-state index contributed by atoms with van der Waals surface area (Å²) in [6, 6.07) is 0.0368. The topological polar surface area (TPSA) is 84.5 Å². The Bertz CT molecular complexity index is 649. The van der Waals surface area contributed by atoms with Gasteiger partial charge in [0.15, 0.2) is 6.61 Å². The fraction of sp³-hybridized carbons (Fsp3) is 0.588. The number of ether oxygens (including phenoxy) is 1. The van der Waals surface area contributed by atoms with E-state index >= 15 is 0 Å². The number of hydrogen-bond donors (Lipinski definition) is 2. The van der Waals surface area contributed by atoms with Gasteiger partial charge in [-0.25, -0.2) is 4.79 Å².